The smallest absolute Gasteiger partial charge is 0.338 e. The van der Waals surface area contributed by atoms with Gasteiger partial charge in [0, 0.05) is 12.2 Å². The normalized spacial score (nSPS) is 10.3. The minimum atomic E-state index is -0.325. The van der Waals surface area contributed by atoms with Gasteiger partial charge in [-0.2, -0.15) is 0 Å². The van der Waals surface area contributed by atoms with E-state index in [1.54, 1.807) is 19.1 Å². The van der Waals surface area contributed by atoms with Crippen LogP contribution in [0.3, 0.4) is 0 Å². The number of carbonyl (C=O) groups is 1. The lowest BCUT2D eigenvalue weighted by molar-refractivity contribution is 0.0526. The second kappa shape index (κ2) is 8.81. The van der Waals surface area contributed by atoms with Crippen LogP contribution in [-0.4, -0.2) is 19.2 Å². The summed E-state index contributed by atoms with van der Waals surface area (Å²) in [7, 11) is 0. The maximum absolute atomic E-state index is 11.6. The fourth-order valence-corrected chi connectivity index (χ4v) is 2.78. The van der Waals surface area contributed by atoms with E-state index in [1.807, 2.05) is 31.2 Å². The number of carbonyl (C=O) groups excluding carboxylic acids is 1. The van der Waals surface area contributed by atoms with Gasteiger partial charge in [0.25, 0.3) is 0 Å². The first kappa shape index (κ1) is 18.4. The third-order valence-corrected chi connectivity index (χ3v) is 3.80. The summed E-state index contributed by atoms with van der Waals surface area (Å²) in [6.45, 7) is 5.07. The van der Waals surface area contributed by atoms with E-state index in [4.69, 9.17) is 32.7 Å². The van der Waals surface area contributed by atoms with Crippen molar-refractivity contribution < 1.29 is 14.3 Å². The Balaban J connectivity index is 2.02. The molecule has 2 aromatic rings. The summed E-state index contributed by atoms with van der Waals surface area (Å²) in [6.07, 6.45) is 0. The van der Waals surface area contributed by atoms with Crippen LogP contribution in [0.4, 0.5) is 5.69 Å². The van der Waals surface area contributed by atoms with E-state index in [9.17, 15) is 4.79 Å². The molecule has 0 aliphatic rings. The first-order valence-corrected chi connectivity index (χ1v) is 8.42. The zero-order chi connectivity index (χ0) is 17.5. The highest BCUT2D eigenvalue weighted by Gasteiger charge is 2.10. The molecule has 0 aliphatic heterocycles. The second-order valence-corrected chi connectivity index (χ2v) is 5.79. The molecule has 0 aliphatic carbocycles. The van der Waals surface area contributed by atoms with E-state index in [0.29, 0.717) is 41.1 Å². The van der Waals surface area contributed by atoms with Crippen LogP contribution in [0.1, 0.15) is 29.8 Å². The Hall–Kier alpha value is -1.91. The number of hydrogen-bond donors (Lipinski definition) is 1. The molecular weight excluding hydrogens is 349 g/mol. The first-order chi connectivity index (χ1) is 11.5. The van der Waals surface area contributed by atoms with Crippen molar-refractivity contribution in [2.75, 3.05) is 18.5 Å². The number of hydrogen-bond acceptors (Lipinski definition) is 4. The quantitative estimate of drug-likeness (QED) is 0.684. The van der Waals surface area contributed by atoms with Gasteiger partial charge in [0.05, 0.1) is 28.8 Å². The van der Waals surface area contributed by atoms with Gasteiger partial charge in [0.15, 0.2) is 5.75 Å². The molecule has 128 valence electrons. The summed E-state index contributed by atoms with van der Waals surface area (Å²) in [5, 5.41) is 4.22. The Bertz CT molecular complexity index is 679. The maximum atomic E-state index is 11.6. The van der Waals surface area contributed by atoms with Gasteiger partial charge in [-0.05, 0) is 55.8 Å². The molecule has 4 nitrogen and oxygen atoms in total. The molecule has 2 aromatic carbocycles. The number of ether oxygens (including phenoxy) is 2. The van der Waals surface area contributed by atoms with Crippen LogP contribution >= 0.6 is 23.2 Å². The fourth-order valence-electron chi connectivity index (χ4n) is 2.14. The molecule has 0 amide bonds. The largest absolute Gasteiger partial charge is 0.491 e. The summed E-state index contributed by atoms with van der Waals surface area (Å²) in [6, 6.07) is 10.7. The summed E-state index contributed by atoms with van der Waals surface area (Å²) in [4.78, 5) is 11.6. The van der Waals surface area contributed by atoms with Crippen LogP contribution in [0.5, 0.6) is 5.75 Å². The van der Waals surface area contributed by atoms with Gasteiger partial charge in [-0.3, -0.25) is 0 Å². The Morgan fingerprint density at radius 1 is 1.04 bits per heavy atom. The van der Waals surface area contributed by atoms with Crippen molar-refractivity contribution in [1.29, 1.82) is 0 Å². The molecular formula is C18H19Cl2NO3. The number of esters is 1. The standard InChI is InChI=1S/C18H19Cl2NO3/c1-3-23-17-15(19)9-12(10-16(17)20)11-21-14-7-5-13(6-8-14)18(22)24-4-2/h5-10,21H,3-4,11H2,1-2H3. The van der Waals surface area contributed by atoms with Crippen molar-refractivity contribution in [3.8, 4) is 5.75 Å². The minimum absolute atomic E-state index is 0.325. The van der Waals surface area contributed by atoms with Crippen molar-refractivity contribution in [3.63, 3.8) is 0 Å². The Morgan fingerprint density at radius 2 is 1.67 bits per heavy atom. The van der Waals surface area contributed by atoms with E-state index in [-0.39, 0.29) is 5.97 Å². The van der Waals surface area contributed by atoms with Gasteiger partial charge in [0.2, 0.25) is 0 Å². The number of halogens is 2. The minimum Gasteiger partial charge on any atom is -0.491 e. The van der Waals surface area contributed by atoms with Gasteiger partial charge in [-0.25, -0.2) is 4.79 Å². The Morgan fingerprint density at radius 3 is 2.21 bits per heavy atom. The van der Waals surface area contributed by atoms with Gasteiger partial charge in [0.1, 0.15) is 0 Å². The molecule has 0 heterocycles. The van der Waals surface area contributed by atoms with Crippen molar-refractivity contribution >= 4 is 34.9 Å². The van der Waals surface area contributed by atoms with E-state index in [1.165, 1.54) is 0 Å². The lowest BCUT2D eigenvalue weighted by Gasteiger charge is -2.12. The molecule has 0 unspecified atom stereocenters. The van der Waals surface area contributed by atoms with Crippen molar-refractivity contribution in [2.24, 2.45) is 0 Å². The van der Waals surface area contributed by atoms with E-state index >= 15 is 0 Å². The topological polar surface area (TPSA) is 47.6 Å². The molecule has 0 atom stereocenters. The second-order valence-electron chi connectivity index (χ2n) is 4.97. The molecule has 0 aromatic heterocycles. The molecule has 0 bridgehead atoms. The third kappa shape index (κ3) is 4.79. The highest BCUT2D eigenvalue weighted by molar-refractivity contribution is 6.37. The number of nitrogens with one attached hydrogen (secondary N) is 1. The molecule has 1 N–H and O–H groups in total. The average molecular weight is 368 g/mol. The molecule has 0 saturated heterocycles. The first-order valence-electron chi connectivity index (χ1n) is 7.67. The van der Waals surface area contributed by atoms with Gasteiger partial charge in [-0.15, -0.1) is 0 Å². The zero-order valence-corrected chi connectivity index (χ0v) is 15.1. The third-order valence-electron chi connectivity index (χ3n) is 3.24. The van der Waals surface area contributed by atoms with Crippen LogP contribution in [-0.2, 0) is 11.3 Å². The number of anilines is 1. The van der Waals surface area contributed by atoms with E-state index < -0.39 is 0 Å². The molecule has 0 saturated carbocycles. The molecule has 0 fully saturated rings. The predicted molar refractivity (Wildman–Crippen MR) is 97.4 cm³/mol. The van der Waals surface area contributed by atoms with Crippen molar-refractivity contribution in [2.45, 2.75) is 20.4 Å². The molecule has 0 radical (unpaired) electrons. The average Bonchev–Trinajstić information content (AvgIpc) is 2.57. The number of rotatable bonds is 7. The van der Waals surface area contributed by atoms with Crippen LogP contribution in [0.15, 0.2) is 36.4 Å². The summed E-state index contributed by atoms with van der Waals surface area (Å²) >= 11 is 12.4. The maximum Gasteiger partial charge on any atom is 0.338 e. The van der Waals surface area contributed by atoms with Gasteiger partial charge >= 0.3 is 5.97 Å². The number of benzene rings is 2. The summed E-state index contributed by atoms with van der Waals surface area (Å²) in [5.74, 6) is 0.178. The van der Waals surface area contributed by atoms with Crippen LogP contribution in [0.2, 0.25) is 10.0 Å². The molecule has 24 heavy (non-hydrogen) atoms. The Labute approximate surface area is 151 Å². The SMILES string of the molecule is CCOC(=O)c1ccc(NCc2cc(Cl)c(OCC)c(Cl)c2)cc1. The molecule has 2 rings (SSSR count). The molecule has 0 spiro atoms. The predicted octanol–water partition coefficient (Wildman–Crippen LogP) is 5.18. The van der Waals surface area contributed by atoms with E-state index in [0.717, 1.165) is 11.3 Å². The van der Waals surface area contributed by atoms with Gasteiger partial charge in [-0.1, -0.05) is 23.2 Å². The summed E-state index contributed by atoms with van der Waals surface area (Å²) in [5.41, 5.74) is 2.33. The van der Waals surface area contributed by atoms with Crippen LogP contribution in [0.25, 0.3) is 0 Å². The highest BCUT2D eigenvalue weighted by Crippen LogP contribution is 2.34. The van der Waals surface area contributed by atoms with Crippen molar-refractivity contribution in [1.82, 2.24) is 0 Å². The Kier molecular flexibility index (Phi) is 6.76. The zero-order valence-electron chi connectivity index (χ0n) is 13.6. The van der Waals surface area contributed by atoms with Gasteiger partial charge < -0.3 is 14.8 Å². The van der Waals surface area contributed by atoms with E-state index in [2.05, 4.69) is 5.32 Å². The molecule has 6 heteroatoms. The lowest BCUT2D eigenvalue weighted by atomic mass is 10.2. The van der Waals surface area contributed by atoms with Crippen LogP contribution in [0, 0.1) is 0 Å². The summed E-state index contributed by atoms with van der Waals surface area (Å²) < 4.78 is 10.4. The monoisotopic (exact) mass is 367 g/mol. The van der Waals surface area contributed by atoms with Crippen LogP contribution < -0.4 is 10.1 Å². The lowest BCUT2D eigenvalue weighted by Crippen LogP contribution is -2.05. The fraction of sp³-hybridized carbons (Fsp3) is 0.278. The van der Waals surface area contributed by atoms with Crippen molar-refractivity contribution in [3.05, 3.63) is 57.6 Å². The highest BCUT2D eigenvalue weighted by atomic mass is 35.5.